The highest BCUT2D eigenvalue weighted by atomic mass is 35.5. The summed E-state index contributed by atoms with van der Waals surface area (Å²) in [7, 11) is 0. The largest absolute Gasteiger partial charge is 0.436 e. The van der Waals surface area contributed by atoms with E-state index in [9.17, 15) is 23.3 Å². The van der Waals surface area contributed by atoms with Crippen LogP contribution in [0.25, 0.3) is 0 Å². The van der Waals surface area contributed by atoms with Crippen LogP contribution in [0.1, 0.15) is 36.6 Å². The van der Waals surface area contributed by atoms with Crippen molar-refractivity contribution in [2.24, 2.45) is 0 Å². The number of halogens is 4. The number of non-ortho nitro benzene ring substituents is 1. The molecule has 1 fully saturated rings. The third-order valence-corrected chi connectivity index (χ3v) is 4.93. The van der Waals surface area contributed by atoms with Gasteiger partial charge in [0.15, 0.2) is 10.8 Å². The zero-order valence-electron chi connectivity index (χ0n) is 15.0. The van der Waals surface area contributed by atoms with Crippen molar-refractivity contribution in [1.82, 2.24) is 15.1 Å². The fourth-order valence-electron chi connectivity index (χ4n) is 2.85. The molecule has 0 aliphatic heterocycles. The van der Waals surface area contributed by atoms with Crippen LogP contribution < -0.4 is 10.6 Å². The van der Waals surface area contributed by atoms with Crippen LogP contribution in [0.2, 0.25) is 5.02 Å². The molecule has 1 saturated carbocycles. The average Bonchev–Trinajstić information content (AvgIpc) is 3.41. The van der Waals surface area contributed by atoms with E-state index in [2.05, 4.69) is 15.7 Å². The fraction of sp³-hybridized carbons (Fsp3) is 0.412. The summed E-state index contributed by atoms with van der Waals surface area (Å²) in [5.41, 5.74) is -0.212. The summed E-state index contributed by atoms with van der Waals surface area (Å²) >= 11 is 11.1. The number of alkyl halides is 3. The summed E-state index contributed by atoms with van der Waals surface area (Å²) in [6.07, 6.45) is -2.52. The number of aromatic nitrogens is 2. The lowest BCUT2D eigenvalue weighted by Gasteiger charge is -2.11. The molecule has 0 bridgehead atoms. The SMILES string of the molecule is O=[N+]([O-])c1cccc(NC(=S)NCCCn2nc(C(F)(F)F)c(Cl)c2C2CC2)c1. The van der Waals surface area contributed by atoms with Gasteiger partial charge in [-0.3, -0.25) is 14.8 Å². The Hall–Kier alpha value is -2.40. The number of hydrogen-bond donors (Lipinski definition) is 2. The standard InChI is InChI=1S/C17H17ClF3N5O2S/c18-13-14(10-5-6-10)25(24-15(13)17(19,20)21)8-2-7-22-16(29)23-11-3-1-4-12(9-11)26(27)28/h1,3-4,9-10H,2,5-8H2,(H2,22,23,29). The molecule has 0 amide bonds. The van der Waals surface area contributed by atoms with Crippen molar-refractivity contribution < 1.29 is 18.1 Å². The van der Waals surface area contributed by atoms with Crippen molar-refractivity contribution in [3.8, 4) is 0 Å². The molecule has 3 rings (SSSR count). The van der Waals surface area contributed by atoms with Gasteiger partial charge in [-0.1, -0.05) is 17.7 Å². The molecule has 2 aromatic rings. The Morgan fingerprint density at radius 1 is 1.41 bits per heavy atom. The minimum atomic E-state index is -4.59. The molecule has 1 aromatic heterocycles. The van der Waals surface area contributed by atoms with Gasteiger partial charge >= 0.3 is 6.18 Å². The summed E-state index contributed by atoms with van der Waals surface area (Å²) < 4.78 is 40.5. The van der Waals surface area contributed by atoms with E-state index >= 15 is 0 Å². The third-order valence-electron chi connectivity index (χ3n) is 4.31. The Balaban J connectivity index is 1.54. The lowest BCUT2D eigenvalue weighted by atomic mass is 10.2. The maximum atomic E-state index is 13.1. The Morgan fingerprint density at radius 3 is 2.76 bits per heavy atom. The molecule has 0 spiro atoms. The summed E-state index contributed by atoms with van der Waals surface area (Å²) in [5, 5.41) is 20.2. The monoisotopic (exact) mass is 447 g/mol. The number of benzene rings is 1. The Labute approximate surface area is 174 Å². The van der Waals surface area contributed by atoms with Gasteiger partial charge in [0, 0.05) is 36.8 Å². The summed E-state index contributed by atoms with van der Waals surface area (Å²) in [6.45, 7) is 0.637. The van der Waals surface area contributed by atoms with E-state index < -0.39 is 16.8 Å². The molecule has 0 saturated heterocycles. The second-order valence-electron chi connectivity index (χ2n) is 6.58. The Morgan fingerprint density at radius 2 is 2.14 bits per heavy atom. The Bertz CT molecular complexity index is 930. The van der Waals surface area contributed by atoms with E-state index in [1.165, 1.54) is 22.9 Å². The number of aryl methyl sites for hydroxylation is 1. The molecule has 1 aliphatic rings. The first kappa shape index (κ1) is 21.3. The molecule has 0 atom stereocenters. The van der Waals surface area contributed by atoms with Gasteiger partial charge in [0.25, 0.3) is 5.69 Å². The molecular weight excluding hydrogens is 431 g/mol. The van der Waals surface area contributed by atoms with Crippen LogP contribution in [0.3, 0.4) is 0 Å². The normalized spacial score (nSPS) is 13.9. The van der Waals surface area contributed by atoms with Crippen LogP contribution in [0.4, 0.5) is 24.5 Å². The van der Waals surface area contributed by atoms with Crippen LogP contribution in [0, 0.1) is 10.1 Å². The summed E-state index contributed by atoms with van der Waals surface area (Å²) in [5.74, 6) is 0.0238. The van der Waals surface area contributed by atoms with E-state index in [1.807, 2.05) is 0 Å². The molecule has 2 N–H and O–H groups in total. The minimum absolute atomic E-state index is 0.0238. The predicted octanol–water partition coefficient (Wildman–Crippen LogP) is 4.72. The molecular formula is C17H17ClF3N5O2S. The van der Waals surface area contributed by atoms with E-state index in [1.54, 1.807) is 6.07 Å². The van der Waals surface area contributed by atoms with Gasteiger partial charge in [-0.25, -0.2) is 0 Å². The number of nitrogens with zero attached hydrogens (tertiary/aromatic N) is 3. The molecule has 29 heavy (non-hydrogen) atoms. The van der Waals surface area contributed by atoms with Crippen molar-refractivity contribution in [3.63, 3.8) is 0 Å². The lowest BCUT2D eigenvalue weighted by Crippen LogP contribution is -2.30. The van der Waals surface area contributed by atoms with Gasteiger partial charge < -0.3 is 10.6 Å². The zero-order valence-corrected chi connectivity index (χ0v) is 16.6. The van der Waals surface area contributed by atoms with Gasteiger partial charge in [0.2, 0.25) is 0 Å². The summed E-state index contributed by atoms with van der Waals surface area (Å²) in [4.78, 5) is 10.3. The van der Waals surface area contributed by atoms with Gasteiger partial charge in [0.05, 0.1) is 15.6 Å². The maximum absolute atomic E-state index is 13.1. The van der Waals surface area contributed by atoms with E-state index in [4.69, 9.17) is 23.8 Å². The summed E-state index contributed by atoms with van der Waals surface area (Å²) in [6, 6.07) is 5.87. The highest BCUT2D eigenvalue weighted by Gasteiger charge is 2.41. The number of nitro groups is 1. The quantitative estimate of drug-likeness (QED) is 0.276. The second-order valence-corrected chi connectivity index (χ2v) is 7.37. The van der Waals surface area contributed by atoms with Crippen molar-refractivity contribution >= 4 is 40.3 Å². The van der Waals surface area contributed by atoms with Crippen LogP contribution in [0.15, 0.2) is 24.3 Å². The maximum Gasteiger partial charge on any atom is 0.436 e. The van der Waals surface area contributed by atoms with Crippen molar-refractivity contribution in [2.45, 2.75) is 37.9 Å². The van der Waals surface area contributed by atoms with Crippen LogP contribution in [-0.4, -0.2) is 26.4 Å². The number of nitro benzene ring substituents is 1. The van der Waals surface area contributed by atoms with Gasteiger partial charge in [-0.15, -0.1) is 0 Å². The first-order chi connectivity index (χ1) is 13.7. The molecule has 7 nitrogen and oxygen atoms in total. The van der Waals surface area contributed by atoms with E-state index in [0.29, 0.717) is 24.3 Å². The topological polar surface area (TPSA) is 85.0 Å². The number of anilines is 1. The number of hydrogen-bond acceptors (Lipinski definition) is 4. The zero-order chi connectivity index (χ0) is 21.2. The van der Waals surface area contributed by atoms with Crippen molar-refractivity contribution in [3.05, 3.63) is 50.8 Å². The highest BCUT2D eigenvalue weighted by Crippen LogP contribution is 2.46. The highest BCUT2D eigenvalue weighted by molar-refractivity contribution is 7.80. The smallest absolute Gasteiger partial charge is 0.362 e. The Kier molecular flexibility index (Phi) is 6.27. The van der Waals surface area contributed by atoms with Crippen molar-refractivity contribution in [2.75, 3.05) is 11.9 Å². The van der Waals surface area contributed by atoms with Gasteiger partial charge in [-0.2, -0.15) is 18.3 Å². The first-order valence-electron chi connectivity index (χ1n) is 8.79. The second kappa shape index (κ2) is 8.54. The molecule has 12 heteroatoms. The molecule has 1 heterocycles. The van der Waals surface area contributed by atoms with Crippen LogP contribution >= 0.6 is 23.8 Å². The van der Waals surface area contributed by atoms with Gasteiger partial charge in [-0.05, 0) is 37.5 Å². The molecule has 1 aliphatic carbocycles. The van der Waals surface area contributed by atoms with Crippen LogP contribution in [0.5, 0.6) is 0 Å². The van der Waals surface area contributed by atoms with Gasteiger partial charge in [0.1, 0.15) is 0 Å². The number of thiocarbonyl (C=S) groups is 1. The third kappa shape index (κ3) is 5.36. The van der Waals surface area contributed by atoms with Crippen LogP contribution in [-0.2, 0) is 12.7 Å². The minimum Gasteiger partial charge on any atom is -0.362 e. The predicted molar refractivity (Wildman–Crippen MR) is 106 cm³/mol. The van der Waals surface area contributed by atoms with E-state index in [-0.39, 0.29) is 28.3 Å². The fourth-order valence-corrected chi connectivity index (χ4v) is 3.47. The average molecular weight is 448 g/mol. The lowest BCUT2D eigenvalue weighted by molar-refractivity contribution is -0.384. The van der Waals surface area contributed by atoms with E-state index in [0.717, 1.165) is 12.8 Å². The molecule has 1 aromatic carbocycles. The molecule has 156 valence electrons. The van der Waals surface area contributed by atoms with Crippen molar-refractivity contribution in [1.29, 1.82) is 0 Å². The first-order valence-corrected chi connectivity index (χ1v) is 9.58. The number of rotatable bonds is 7. The molecule has 0 radical (unpaired) electrons. The number of nitrogens with one attached hydrogen (secondary N) is 2. The molecule has 0 unspecified atom stereocenters.